The minimum atomic E-state index is -0.879. The summed E-state index contributed by atoms with van der Waals surface area (Å²) >= 11 is 1.36. The fraction of sp³-hybridized carbons (Fsp3) is 0.632. The third kappa shape index (κ3) is 4.68. The van der Waals surface area contributed by atoms with Gasteiger partial charge in [0.2, 0.25) is 5.91 Å². The van der Waals surface area contributed by atoms with Crippen LogP contribution in [0, 0.1) is 12.8 Å². The molecule has 1 fully saturated rings. The van der Waals surface area contributed by atoms with E-state index >= 15 is 0 Å². The topological polar surface area (TPSA) is 93.7 Å². The van der Waals surface area contributed by atoms with Gasteiger partial charge in [-0.05, 0) is 51.5 Å². The Balaban J connectivity index is 2.11. The lowest BCUT2D eigenvalue weighted by atomic mass is 9.96. The monoisotopic (exact) mass is 396 g/mol. The lowest BCUT2D eigenvalue weighted by Crippen LogP contribution is -2.54. The first kappa shape index (κ1) is 21.4. The molecule has 1 aliphatic carbocycles. The molecule has 0 aliphatic heterocycles. The van der Waals surface area contributed by atoms with E-state index in [0.717, 1.165) is 23.3 Å². The molecule has 0 bridgehead atoms. The first-order valence-electron chi connectivity index (χ1n) is 9.21. The summed E-state index contributed by atoms with van der Waals surface area (Å²) in [5.41, 5.74) is 0.433. The summed E-state index contributed by atoms with van der Waals surface area (Å²) in [5.74, 6) is -0.951. The Morgan fingerprint density at radius 2 is 1.93 bits per heavy atom. The lowest BCUT2D eigenvalue weighted by molar-refractivity contribution is -0.149. The number of thiophene rings is 1. The molecule has 1 aromatic rings. The van der Waals surface area contributed by atoms with Gasteiger partial charge in [-0.2, -0.15) is 0 Å². The van der Waals surface area contributed by atoms with Gasteiger partial charge in [0.15, 0.2) is 0 Å². The van der Waals surface area contributed by atoms with Gasteiger partial charge >= 0.3 is 11.9 Å². The van der Waals surface area contributed by atoms with Crippen LogP contribution in [0.25, 0.3) is 0 Å². The van der Waals surface area contributed by atoms with E-state index in [-0.39, 0.29) is 30.9 Å². The average Bonchev–Trinajstić information content (AvgIpc) is 3.44. The number of amides is 1. The SMILES string of the molecule is CCOC(=O)c1c(NC(=O)CNC(C)(C(=O)OC)C2CC2)sc(C)c1CC. The number of aryl methyl sites for hydroxylation is 1. The standard InChI is InChI=1S/C19H28N2O5S/c1-6-13-11(3)27-16(15(13)17(23)26-7-2)21-14(22)10-20-19(4,12-8-9-12)18(24)25-5/h12,20H,6-10H2,1-5H3,(H,21,22). The smallest absolute Gasteiger partial charge is 0.341 e. The van der Waals surface area contributed by atoms with Crippen molar-refractivity contribution in [3.05, 3.63) is 16.0 Å². The van der Waals surface area contributed by atoms with E-state index < -0.39 is 11.5 Å². The maximum Gasteiger partial charge on any atom is 0.341 e. The number of anilines is 1. The van der Waals surface area contributed by atoms with Gasteiger partial charge < -0.3 is 14.8 Å². The van der Waals surface area contributed by atoms with Crippen molar-refractivity contribution in [2.45, 2.75) is 52.5 Å². The fourth-order valence-electron chi connectivity index (χ4n) is 3.20. The highest BCUT2D eigenvalue weighted by molar-refractivity contribution is 7.16. The average molecular weight is 397 g/mol. The summed E-state index contributed by atoms with van der Waals surface area (Å²) in [4.78, 5) is 37.9. The first-order chi connectivity index (χ1) is 12.8. The van der Waals surface area contributed by atoms with Crippen molar-refractivity contribution >= 4 is 34.2 Å². The predicted molar refractivity (Wildman–Crippen MR) is 104 cm³/mol. The van der Waals surface area contributed by atoms with E-state index in [9.17, 15) is 14.4 Å². The van der Waals surface area contributed by atoms with Crippen molar-refractivity contribution < 1.29 is 23.9 Å². The van der Waals surface area contributed by atoms with E-state index in [4.69, 9.17) is 9.47 Å². The third-order valence-corrected chi connectivity index (χ3v) is 5.98. The van der Waals surface area contributed by atoms with Crippen molar-refractivity contribution in [2.75, 3.05) is 25.6 Å². The molecule has 2 N–H and O–H groups in total. The number of ether oxygens (including phenoxy) is 2. The molecule has 0 spiro atoms. The van der Waals surface area contributed by atoms with Crippen molar-refractivity contribution in [3.8, 4) is 0 Å². The molecule has 1 amide bonds. The second-order valence-corrected chi connectivity index (χ2v) is 8.01. The number of rotatable bonds is 9. The molecule has 1 aromatic heterocycles. The molecule has 8 heteroatoms. The third-order valence-electron chi connectivity index (χ3n) is 4.91. The molecule has 7 nitrogen and oxygen atoms in total. The molecule has 150 valence electrons. The number of methoxy groups -OCH3 is 1. The first-order valence-corrected chi connectivity index (χ1v) is 10.0. The number of hydrogen-bond donors (Lipinski definition) is 2. The number of carbonyl (C=O) groups is 3. The van der Waals surface area contributed by atoms with Crippen LogP contribution >= 0.6 is 11.3 Å². The van der Waals surface area contributed by atoms with Crippen LogP contribution in [0.5, 0.6) is 0 Å². The number of carbonyl (C=O) groups excluding carboxylic acids is 3. The van der Waals surface area contributed by atoms with Crippen LogP contribution in [0.1, 0.15) is 54.4 Å². The van der Waals surface area contributed by atoms with E-state index in [1.54, 1.807) is 13.8 Å². The van der Waals surface area contributed by atoms with Crippen LogP contribution < -0.4 is 10.6 Å². The van der Waals surface area contributed by atoms with Crippen molar-refractivity contribution in [1.82, 2.24) is 5.32 Å². The summed E-state index contributed by atoms with van der Waals surface area (Å²) in [6, 6.07) is 0. The second-order valence-electron chi connectivity index (χ2n) is 6.78. The Hall–Kier alpha value is -1.93. The molecule has 1 heterocycles. The fourth-order valence-corrected chi connectivity index (χ4v) is 4.35. The Morgan fingerprint density at radius 3 is 2.44 bits per heavy atom. The van der Waals surface area contributed by atoms with Gasteiger partial charge in [0.25, 0.3) is 0 Å². The zero-order valence-corrected chi connectivity index (χ0v) is 17.4. The number of nitrogens with one attached hydrogen (secondary N) is 2. The van der Waals surface area contributed by atoms with Gasteiger partial charge in [0, 0.05) is 4.88 Å². The zero-order chi connectivity index (χ0) is 20.2. The molecule has 0 saturated heterocycles. The van der Waals surface area contributed by atoms with E-state index in [0.29, 0.717) is 17.0 Å². The summed E-state index contributed by atoms with van der Waals surface area (Å²) in [6.07, 6.45) is 2.53. The molecule has 1 saturated carbocycles. The van der Waals surface area contributed by atoms with Gasteiger partial charge in [-0.15, -0.1) is 11.3 Å². The normalized spacial score (nSPS) is 15.7. The maximum absolute atomic E-state index is 12.5. The molecular formula is C19H28N2O5S. The summed E-state index contributed by atoms with van der Waals surface area (Å²) < 4.78 is 10.0. The van der Waals surface area contributed by atoms with Gasteiger partial charge in [0.05, 0.1) is 25.8 Å². The largest absolute Gasteiger partial charge is 0.468 e. The van der Waals surface area contributed by atoms with Crippen LogP contribution in [-0.2, 0) is 25.5 Å². The van der Waals surface area contributed by atoms with E-state index in [1.165, 1.54) is 18.4 Å². The van der Waals surface area contributed by atoms with Crippen molar-refractivity contribution in [2.24, 2.45) is 5.92 Å². The lowest BCUT2D eigenvalue weighted by Gasteiger charge is -2.27. The highest BCUT2D eigenvalue weighted by Gasteiger charge is 2.48. The molecule has 1 atom stereocenters. The molecule has 1 aliphatic rings. The van der Waals surface area contributed by atoms with Crippen LogP contribution in [0.4, 0.5) is 5.00 Å². The van der Waals surface area contributed by atoms with Crippen molar-refractivity contribution in [3.63, 3.8) is 0 Å². The van der Waals surface area contributed by atoms with Crippen molar-refractivity contribution in [1.29, 1.82) is 0 Å². The Bertz CT molecular complexity index is 726. The van der Waals surface area contributed by atoms with Gasteiger partial charge in [-0.3, -0.25) is 14.9 Å². The molecular weight excluding hydrogens is 368 g/mol. The van der Waals surface area contributed by atoms with Crippen LogP contribution in [0.2, 0.25) is 0 Å². The molecule has 0 radical (unpaired) electrons. The number of hydrogen-bond acceptors (Lipinski definition) is 7. The zero-order valence-electron chi connectivity index (χ0n) is 16.6. The van der Waals surface area contributed by atoms with Crippen LogP contribution in [-0.4, -0.2) is 43.6 Å². The van der Waals surface area contributed by atoms with Gasteiger partial charge in [-0.25, -0.2) is 4.79 Å². The van der Waals surface area contributed by atoms with E-state index in [2.05, 4.69) is 10.6 Å². The minimum absolute atomic E-state index is 0.0528. The predicted octanol–water partition coefficient (Wildman–Crippen LogP) is 2.67. The van der Waals surface area contributed by atoms with Gasteiger partial charge in [0.1, 0.15) is 10.5 Å². The summed E-state index contributed by atoms with van der Waals surface area (Å²) in [7, 11) is 1.34. The quantitative estimate of drug-likeness (QED) is 0.623. The minimum Gasteiger partial charge on any atom is -0.468 e. The van der Waals surface area contributed by atoms with Gasteiger partial charge in [-0.1, -0.05) is 6.92 Å². The van der Waals surface area contributed by atoms with Crippen LogP contribution in [0.15, 0.2) is 0 Å². The molecule has 2 rings (SSSR count). The Kier molecular flexibility index (Phi) is 7.00. The number of esters is 2. The maximum atomic E-state index is 12.5. The Morgan fingerprint density at radius 1 is 1.26 bits per heavy atom. The molecule has 27 heavy (non-hydrogen) atoms. The summed E-state index contributed by atoms with van der Waals surface area (Å²) in [6.45, 7) is 7.60. The summed E-state index contributed by atoms with van der Waals surface area (Å²) in [5, 5.41) is 6.33. The molecule has 0 aromatic carbocycles. The van der Waals surface area contributed by atoms with E-state index in [1.807, 2.05) is 13.8 Å². The van der Waals surface area contributed by atoms with Crippen LogP contribution in [0.3, 0.4) is 0 Å². The highest BCUT2D eigenvalue weighted by atomic mass is 32.1. The highest BCUT2D eigenvalue weighted by Crippen LogP contribution is 2.40. The Labute approximate surface area is 163 Å². The second kappa shape index (κ2) is 8.84. The molecule has 1 unspecified atom stereocenters.